The third-order valence-electron chi connectivity index (χ3n) is 2.50. The van der Waals surface area contributed by atoms with E-state index >= 15 is 0 Å². The van der Waals surface area contributed by atoms with Crippen LogP contribution in [0.15, 0.2) is 0 Å². The first-order valence-electron chi connectivity index (χ1n) is 5.58. The summed E-state index contributed by atoms with van der Waals surface area (Å²) in [6, 6.07) is 0. The fraction of sp³-hybridized carbons (Fsp3) is 0.615. The second kappa shape index (κ2) is 4.21. The number of terminal acetylenes is 1. The maximum atomic E-state index is 6.09. The summed E-state index contributed by atoms with van der Waals surface area (Å²) in [5.41, 5.74) is 6.99. The molecule has 16 heavy (non-hydrogen) atoms. The van der Waals surface area contributed by atoms with Gasteiger partial charge in [0.1, 0.15) is 11.6 Å². The monoisotopic (exact) mass is 219 g/mol. The fourth-order valence-corrected chi connectivity index (χ4v) is 1.73. The highest BCUT2D eigenvalue weighted by Crippen LogP contribution is 2.29. The first-order chi connectivity index (χ1) is 7.29. The molecule has 0 atom stereocenters. The van der Waals surface area contributed by atoms with Crippen LogP contribution < -0.4 is 5.73 Å². The van der Waals surface area contributed by atoms with E-state index < -0.39 is 0 Å². The van der Waals surface area contributed by atoms with Gasteiger partial charge < -0.3 is 10.3 Å². The van der Waals surface area contributed by atoms with Crippen molar-refractivity contribution in [2.75, 3.05) is 5.73 Å². The zero-order valence-corrected chi connectivity index (χ0v) is 10.8. The summed E-state index contributed by atoms with van der Waals surface area (Å²) in [4.78, 5) is 4.64. The van der Waals surface area contributed by atoms with E-state index in [0.29, 0.717) is 18.3 Å². The summed E-state index contributed by atoms with van der Waals surface area (Å²) < 4.78 is 1.94. The molecule has 0 fully saturated rings. The highest BCUT2D eigenvalue weighted by Gasteiger charge is 2.25. The Morgan fingerprint density at radius 3 is 2.38 bits per heavy atom. The van der Waals surface area contributed by atoms with E-state index in [-0.39, 0.29) is 5.41 Å². The van der Waals surface area contributed by atoms with Gasteiger partial charge in [0.2, 0.25) is 0 Å². The number of hydrogen-bond acceptors (Lipinski definition) is 2. The van der Waals surface area contributed by atoms with E-state index in [2.05, 4.69) is 45.5 Å². The number of nitrogens with zero attached hydrogens (tertiary/aromatic N) is 2. The van der Waals surface area contributed by atoms with Crippen LogP contribution in [0.1, 0.15) is 52.1 Å². The van der Waals surface area contributed by atoms with E-state index in [9.17, 15) is 0 Å². The average molecular weight is 219 g/mol. The van der Waals surface area contributed by atoms with Crippen molar-refractivity contribution in [3.05, 3.63) is 11.5 Å². The van der Waals surface area contributed by atoms with Gasteiger partial charge in [-0.05, 0) is 5.92 Å². The molecule has 88 valence electrons. The largest absolute Gasteiger partial charge is 0.384 e. The highest BCUT2D eigenvalue weighted by molar-refractivity contribution is 5.42. The molecule has 0 aliphatic carbocycles. The van der Waals surface area contributed by atoms with Crippen molar-refractivity contribution in [2.24, 2.45) is 0 Å². The van der Waals surface area contributed by atoms with Crippen molar-refractivity contribution in [1.82, 2.24) is 9.55 Å². The summed E-state index contributed by atoms with van der Waals surface area (Å²) in [6.45, 7) is 11.0. The molecule has 0 radical (unpaired) electrons. The second-order valence-corrected chi connectivity index (χ2v) is 5.40. The van der Waals surface area contributed by atoms with Gasteiger partial charge in [0, 0.05) is 5.41 Å². The van der Waals surface area contributed by atoms with Gasteiger partial charge in [0.25, 0.3) is 0 Å². The molecule has 0 unspecified atom stereocenters. The molecule has 2 N–H and O–H groups in total. The van der Waals surface area contributed by atoms with Crippen LogP contribution in [0.25, 0.3) is 0 Å². The van der Waals surface area contributed by atoms with Crippen LogP contribution in [0, 0.1) is 12.3 Å². The minimum Gasteiger partial charge on any atom is -0.384 e. The van der Waals surface area contributed by atoms with Crippen molar-refractivity contribution in [2.45, 2.75) is 52.5 Å². The number of nitrogen functional groups attached to an aromatic ring is 1. The highest BCUT2D eigenvalue weighted by atomic mass is 15.1. The molecule has 1 rings (SSSR count). The molecule has 0 saturated heterocycles. The lowest BCUT2D eigenvalue weighted by Crippen LogP contribution is -2.19. The maximum Gasteiger partial charge on any atom is 0.127 e. The van der Waals surface area contributed by atoms with Crippen molar-refractivity contribution >= 4 is 5.82 Å². The third-order valence-corrected chi connectivity index (χ3v) is 2.50. The zero-order chi connectivity index (χ0) is 12.5. The van der Waals surface area contributed by atoms with Crippen molar-refractivity contribution in [3.8, 4) is 12.3 Å². The van der Waals surface area contributed by atoms with E-state index in [4.69, 9.17) is 12.2 Å². The Morgan fingerprint density at radius 2 is 2.00 bits per heavy atom. The van der Waals surface area contributed by atoms with E-state index in [1.54, 1.807) is 0 Å². The first-order valence-corrected chi connectivity index (χ1v) is 5.58. The molecule has 0 saturated carbocycles. The summed E-state index contributed by atoms with van der Waals surface area (Å²) in [5, 5.41) is 0. The van der Waals surface area contributed by atoms with Gasteiger partial charge in [-0.25, -0.2) is 4.98 Å². The quantitative estimate of drug-likeness (QED) is 0.777. The van der Waals surface area contributed by atoms with Gasteiger partial charge in [-0.3, -0.25) is 0 Å². The van der Waals surface area contributed by atoms with Gasteiger partial charge in [-0.15, -0.1) is 6.42 Å². The average Bonchev–Trinajstić information content (AvgIpc) is 2.44. The Labute approximate surface area is 98.1 Å². The number of imidazole rings is 1. The molecule has 3 heteroatoms. The number of aromatic nitrogens is 2. The van der Waals surface area contributed by atoms with Crippen molar-refractivity contribution in [3.63, 3.8) is 0 Å². The Kier molecular flexibility index (Phi) is 3.32. The topological polar surface area (TPSA) is 43.8 Å². The Balaban J connectivity index is 3.38. The molecule has 0 amide bonds. The molecule has 0 aliphatic rings. The van der Waals surface area contributed by atoms with E-state index in [1.807, 2.05) is 4.57 Å². The SMILES string of the molecule is C#CCn1c(C(C)(C)C)nc(C(C)C)c1N. The predicted molar refractivity (Wildman–Crippen MR) is 68.3 cm³/mol. The predicted octanol–water partition coefficient (Wildman–Crippen LogP) is 2.52. The molecule has 0 aliphatic heterocycles. The maximum absolute atomic E-state index is 6.09. The standard InChI is InChI=1S/C13H21N3/c1-7-8-16-11(14)10(9(2)3)15-12(16)13(4,5)6/h1,9H,8,14H2,2-6H3. The van der Waals surface area contributed by atoms with Crippen LogP contribution in [0.3, 0.4) is 0 Å². The van der Waals surface area contributed by atoms with Crippen LogP contribution in [-0.2, 0) is 12.0 Å². The van der Waals surface area contributed by atoms with Crippen LogP contribution in [0.5, 0.6) is 0 Å². The smallest absolute Gasteiger partial charge is 0.127 e. The van der Waals surface area contributed by atoms with Crippen molar-refractivity contribution in [1.29, 1.82) is 0 Å². The molecule has 3 nitrogen and oxygen atoms in total. The van der Waals surface area contributed by atoms with Gasteiger partial charge in [-0.2, -0.15) is 0 Å². The molecule has 1 aromatic rings. The summed E-state index contributed by atoms with van der Waals surface area (Å²) >= 11 is 0. The lowest BCUT2D eigenvalue weighted by Gasteiger charge is -2.19. The van der Waals surface area contributed by atoms with Gasteiger partial charge in [0.15, 0.2) is 0 Å². The number of anilines is 1. The van der Waals surface area contributed by atoms with Crippen LogP contribution in [-0.4, -0.2) is 9.55 Å². The normalized spacial score (nSPS) is 11.8. The van der Waals surface area contributed by atoms with Crippen LogP contribution in [0.4, 0.5) is 5.82 Å². The molecule has 0 bridgehead atoms. The number of rotatable bonds is 2. The third kappa shape index (κ3) is 2.21. The Hall–Kier alpha value is -1.43. The van der Waals surface area contributed by atoms with Gasteiger partial charge >= 0.3 is 0 Å². The molecule has 1 heterocycles. The minimum absolute atomic E-state index is 0.0435. The fourth-order valence-electron chi connectivity index (χ4n) is 1.73. The summed E-state index contributed by atoms with van der Waals surface area (Å²) in [7, 11) is 0. The lowest BCUT2D eigenvalue weighted by atomic mass is 9.95. The first kappa shape index (κ1) is 12.6. The van der Waals surface area contributed by atoms with Crippen molar-refractivity contribution < 1.29 is 0 Å². The van der Waals surface area contributed by atoms with Crippen LogP contribution in [0.2, 0.25) is 0 Å². The lowest BCUT2D eigenvalue weighted by molar-refractivity contribution is 0.516. The number of hydrogen-bond donors (Lipinski definition) is 1. The number of nitrogens with two attached hydrogens (primary N) is 1. The molecule has 1 aromatic heterocycles. The minimum atomic E-state index is -0.0435. The second-order valence-electron chi connectivity index (χ2n) is 5.40. The summed E-state index contributed by atoms with van der Waals surface area (Å²) in [6.07, 6.45) is 5.37. The summed E-state index contributed by atoms with van der Waals surface area (Å²) in [5.74, 6) is 4.62. The zero-order valence-electron chi connectivity index (χ0n) is 10.8. The Morgan fingerprint density at radius 1 is 1.44 bits per heavy atom. The molecule has 0 aromatic carbocycles. The van der Waals surface area contributed by atoms with E-state index in [1.165, 1.54) is 0 Å². The van der Waals surface area contributed by atoms with E-state index in [0.717, 1.165) is 11.5 Å². The molecular weight excluding hydrogens is 198 g/mol. The van der Waals surface area contributed by atoms with Gasteiger partial charge in [-0.1, -0.05) is 40.5 Å². The molecular formula is C13H21N3. The van der Waals surface area contributed by atoms with Gasteiger partial charge in [0.05, 0.1) is 12.2 Å². The Bertz CT molecular complexity index is 414. The van der Waals surface area contributed by atoms with Crippen LogP contribution >= 0.6 is 0 Å². The molecule has 0 spiro atoms.